The summed E-state index contributed by atoms with van der Waals surface area (Å²) < 4.78 is 17.7. The summed E-state index contributed by atoms with van der Waals surface area (Å²) in [5, 5.41) is 2.62. The fourth-order valence-corrected chi connectivity index (χ4v) is 1.61. The van der Waals surface area contributed by atoms with Gasteiger partial charge in [-0.2, -0.15) is 0 Å². The highest BCUT2D eigenvalue weighted by Gasteiger charge is 2.09. The molecule has 0 saturated carbocycles. The molecular weight excluding hydrogens is 249 g/mol. The molecule has 1 N–H and O–H groups in total. The van der Waals surface area contributed by atoms with Gasteiger partial charge < -0.3 is 10.1 Å². The zero-order valence-corrected chi connectivity index (χ0v) is 11.2. The molecule has 1 amide bonds. The fraction of sp³-hybridized carbons (Fsp3) is 0.429. The van der Waals surface area contributed by atoms with Crippen molar-refractivity contribution in [2.24, 2.45) is 0 Å². The zero-order chi connectivity index (χ0) is 14.3. The molecule has 0 unspecified atom stereocenters. The molecule has 104 valence electrons. The van der Waals surface area contributed by atoms with E-state index in [-0.39, 0.29) is 24.8 Å². The number of ether oxygens (including phenoxy) is 1. The van der Waals surface area contributed by atoms with E-state index in [1.54, 1.807) is 26.0 Å². The number of hydrogen-bond acceptors (Lipinski definition) is 3. The van der Waals surface area contributed by atoms with E-state index in [1.807, 2.05) is 0 Å². The Morgan fingerprint density at radius 2 is 2.11 bits per heavy atom. The standard InChI is InChI=1S/C14H18FNO3/c1-3-19-14(18)9-13(17)16-7-6-11-4-5-12(15)10(2)8-11/h4-5,8H,3,6-7,9H2,1-2H3,(H,16,17). The van der Waals surface area contributed by atoms with Crippen LogP contribution in [0.4, 0.5) is 4.39 Å². The van der Waals surface area contributed by atoms with Gasteiger partial charge >= 0.3 is 5.97 Å². The van der Waals surface area contributed by atoms with Crippen molar-refractivity contribution in [2.45, 2.75) is 26.7 Å². The average molecular weight is 267 g/mol. The highest BCUT2D eigenvalue weighted by Crippen LogP contribution is 2.09. The Morgan fingerprint density at radius 1 is 1.37 bits per heavy atom. The third-order valence-electron chi connectivity index (χ3n) is 2.57. The van der Waals surface area contributed by atoms with Gasteiger partial charge in [-0.25, -0.2) is 4.39 Å². The van der Waals surface area contributed by atoms with Crippen molar-refractivity contribution in [1.82, 2.24) is 5.32 Å². The van der Waals surface area contributed by atoms with Gasteiger partial charge in [0, 0.05) is 6.54 Å². The van der Waals surface area contributed by atoms with Gasteiger partial charge in [-0.05, 0) is 37.5 Å². The van der Waals surface area contributed by atoms with Crippen LogP contribution in [0, 0.1) is 12.7 Å². The molecule has 0 aliphatic carbocycles. The van der Waals surface area contributed by atoms with Crippen LogP contribution in [0.25, 0.3) is 0 Å². The molecule has 0 heterocycles. The first kappa shape index (κ1) is 15.1. The molecule has 4 nitrogen and oxygen atoms in total. The molecule has 1 rings (SSSR count). The molecule has 0 bridgehead atoms. The number of nitrogens with one attached hydrogen (secondary N) is 1. The lowest BCUT2D eigenvalue weighted by molar-refractivity contribution is -0.145. The maximum atomic E-state index is 13.0. The molecule has 0 fully saturated rings. The largest absolute Gasteiger partial charge is 0.466 e. The van der Waals surface area contributed by atoms with Crippen molar-refractivity contribution in [3.05, 3.63) is 35.1 Å². The third-order valence-corrected chi connectivity index (χ3v) is 2.57. The Hall–Kier alpha value is -1.91. The Kier molecular flexibility index (Phi) is 5.99. The van der Waals surface area contributed by atoms with E-state index in [9.17, 15) is 14.0 Å². The van der Waals surface area contributed by atoms with E-state index < -0.39 is 5.97 Å². The van der Waals surface area contributed by atoms with Gasteiger partial charge in [-0.15, -0.1) is 0 Å². The van der Waals surface area contributed by atoms with Crippen molar-refractivity contribution in [2.75, 3.05) is 13.2 Å². The molecule has 1 aromatic rings. The van der Waals surface area contributed by atoms with Crippen LogP contribution in [0.2, 0.25) is 0 Å². The van der Waals surface area contributed by atoms with Gasteiger partial charge in [0.05, 0.1) is 6.61 Å². The van der Waals surface area contributed by atoms with Crippen molar-refractivity contribution in [1.29, 1.82) is 0 Å². The number of aryl methyl sites for hydroxylation is 1. The Balaban J connectivity index is 2.31. The topological polar surface area (TPSA) is 55.4 Å². The van der Waals surface area contributed by atoms with Gasteiger partial charge in [-0.1, -0.05) is 12.1 Å². The molecule has 0 aromatic heterocycles. The van der Waals surface area contributed by atoms with Gasteiger partial charge in [0.15, 0.2) is 0 Å². The van der Waals surface area contributed by atoms with Crippen LogP contribution in [0.15, 0.2) is 18.2 Å². The molecule has 0 atom stereocenters. The second-order valence-corrected chi connectivity index (χ2v) is 4.17. The summed E-state index contributed by atoms with van der Waals surface area (Å²) in [7, 11) is 0. The van der Waals surface area contributed by atoms with E-state index in [2.05, 4.69) is 10.1 Å². The molecule has 1 aromatic carbocycles. The van der Waals surface area contributed by atoms with Gasteiger partial charge in [-0.3, -0.25) is 9.59 Å². The van der Waals surface area contributed by atoms with Crippen molar-refractivity contribution in [3.63, 3.8) is 0 Å². The van der Waals surface area contributed by atoms with Gasteiger partial charge in [0.25, 0.3) is 0 Å². The minimum absolute atomic E-state index is 0.241. The molecule has 0 aliphatic rings. The molecule has 5 heteroatoms. The van der Waals surface area contributed by atoms with Gasteiger partial charge in [0.1, 0.15) is 12.2 Å². The van der Waals surface area contributed by atoms with E-state index >= 15 is 0 Å². The molecule has 0 spiro atoms. The highest BCUT2D eigenvalue weighted by atomic mass is 19.1. The predicted octanol–water partition coefficient (Wildman–Crippen LogP) is 1.75. The second kappa shape index (κ2) is 7.51. The third kappa shape index (κ3) is 5.50. The average Bonchev–Trinajstić information content (AvgIpc) is 2.34. The number of esters is 1. The van der Waals surface area contributed by atoms with Crippen molar-refractivity contribution in [3.8, 4) is 0 Å². The molecule has 0 saturated heterocycles. The first-order chi connectivity index (χ1) is 9.02. The normalized spacial score (nSPS) is 10.1. The Labute approximate surface area is 112 Å². The van der Waals surface area contributed by atoms with E-state index in [0.29, 0.717) is 18.5 Å². The van der Waals surface area contributed by atoms with E-state index in [4.69, 9.17) is 0 Å². The van der Waals surface area contributed by atoms with Crippen molar-refractivity contribution >= 4 is 11.9 Å². The maximum Gasteiger partial charge on any atom is 0.315 e. The van der Waals surface area contributed by atoms with Crippen LogP contribution >= 0.6 is 0 Å². The number of halogens is 1. The quantitative estimate of drug-likeness (QED) is 0.631. The van der Waals surface area contributed by atoms with Gasteiger partial charge in [0.2, 0.25) is 5.91 Å². The lowest BCUT2D eigenvalue weighted by atomic mass is 10.1. The summed E-state index contributed by atoms with van der Waals surface area (Å²) in [4.78, 5) is 22.4. The number of carbonyl (C=O) groups excluding carboxylic acids is 2. The Bertz CT molecular complexity index is 460. The lowest BCUT2D eigenvalue weighted by Crippen LogP contribution is -2.28. The number of benzene rings is 1. The first-order valence-corrected chi connectivity index (χ1v) is 6.20. The summed E-state index contributed by atoms with van der Waals surface area (Å²) in [6, 6.07) is 4.83. The minimum Gasteiger partial charge on any atom is -0.466 e. The van der Waals surface area contributed by atoms with Crippen LogP contribution < -0.4 is 5.32 Å². The summed E-state index contributed by atoms with van der Waals surface area (Å²) in [6.07, 6.45) is 0.325. The smallest absolute Gasteiger partial charge is 0.315 e. The SMILES string of the molecule is CCOC(=O)CC(=O)NCCc1ccc(F)c(C)c1. The first-order valence-electron chi connectivity index (χ1n) is 6.20. The summed E-state index contributed by atoms with van der Waals surface area (Å²) in [5.74, 6) is -1.13. The summed E-state index contributed by atoms with van der Waals surface area (Å²) >= 11 is 0. The number of carbonyl (C=O) groups is 2. The monoisotopic (exact) mass is 267 g/mol. The molecular formula is C14H18FNO3. The Morgan fingerprint density at radius 3 is 2.74 bits per heavy atom. The van der Waals surface area contributed by atoms with Crippen LogP contribution in [0.3, 0.4) is 0 Å². The van der Waals surface area contributed by atoms with Crippen LogP contribution in [0.1, 0.15) is 24.5 Å². The second-order valence-electron chi connectivity index (χ2n) is 4.17. The van der Waals surface area contributed by atoms with E-state index in [0.717, 1.165) is 5.56 Å². The maximum absolute atomic E-state index is 13.0. The molecule has 0 radical (unpaired) electrons. The molecule has 19 heavy (non-hydrogen) atoms. The van der Waals surface area contributed by atoms with Crippen molar-refractivity contribution < 1.29 is 18.7 Å². The highest BCUT2D eigenvalue weighted by molar-refractivity contribution is 5.94. The lowest BCUT2D eigenvalue weighted by Gasteiger charge is -2.06. The molecule has 0 aliphatic heterocycles. The van der Waals surface area contributed by atoms with Crippen LogP contribution in [-0.4, -0.2) is 25.0 Å². The summed E-state index contributed by atoms with van der Waals surface area (Å²) in [6.45, 7) is 4.05. The fourth-order valence-electron chi connectivity index (χ4n) is 1.61. The minimum atomic E-state index is -0.530. The number of rotatable bonds is 6. The van der Waals surface area contributed by atoms with E-state index in [1.165, 1.54) is 6.07 Å². The van der Waals surface area contributed by atoms with Crippen LogP contribution in [0.5, 0.6) is 0 Å². The zero-order valence-electron chi connectivity index (χ0n) is 11.2. The predicted molar refractivity (Wildman–Crippen MR) is 69.1 cm³/mol. The number of hydrogen-bond donors (Lipinski definition) is 1. The van der Waals surface area contributed by atoms with Crippen LogP contribution in [-0.2, 0) is 20.7 Å². The summed E-state index contributed by atoms with van der Waals surface area (Å²) in [5.41, 5.74) is 1.52. The number of amides is 1.